The summed E-state index contributed by atoms with van der Waals surface area (Å²) in [4.78, 5) is 15.1. The van der Waals surface area contributed by atoms with Gasteiger partial charge in [-0.2, -0.15) is 0 Å². The first-order chi connectivity index (χ1) is 8.08. The fourth-order valence-corrected chi connectivity index (χ4v) is 2.04. The molecule has 0 aliphatic heterocycles. The van der Waals surface area contributed by atoms with Crippen molar-refractivity contribution in [1.29, 1.82) is 0 Å². The van der Waals surface area contributed by atoms with Gasteiger partial charge in [0.05, 0.1) is 22.4 Å². The lowest BCUT2D eigenvalue weighted by atomic mass is 10.2. The summed E-state index contributed by atoms with van der Waals surface area (Å²) in [7, 11) is 0. The Kier molecular flexibility index (Phi) is 3.28. The summed E-state index contributed by atoms with van der Waals surface area (Å²) in [5.74, 6) is -0.929. The third-order valence-corrected chi connectivity index (χ3v) is 3.21. The SMILES string of the molecule is Cc1cccnc1Cn1cc(C(=O)O)cc1Br. The van der Waals surface area contributed by atoms with Crippen molar-refractivity contribution in [3.63, 3.8) is 0 Å². The summed E-state index contributed by atoms with van der Waals surface area (Å²) in [6.07, 6.45) is 3.33. The molecule has 2 rings (SSSR count). The van der Waals surface area contributed by atoms with Crippen LogP contribution >= 0.6 is 15.9 Å². The molecular weight excluding hydrogens is 284 g/mol. The van der Waals surface area contributed by atoms with E-state index in [-0.39, 0.29) is 5.56 Å². The Balaban J connectivity index is 2.30. The molecule has 0 aliphatic rings. The number of aryl methyl sites for hydroxylation is 1. The lowest BCUT2D eigenvalue weighted by molar-refractivity contribution is 0.0697. The first kappa shape index (κ1) is 11.9. The Morgan fingerprint density at radius 3 is 2.94 bits per heavy atom. The Hall–Kier alpha value is -1.62. The highest BCUT2D eigenvalue weighted by molar-refractivity contribution is 9.10. The largest absolute Gasteiger partial charge is 0.478 e. The highest BCUT2D eigenvalue weighted by Crippen LogP contribution is 2.17. The van der Waals surface area contributed by atoms with Crippen LogP contribution in [0.1, 0.15) is 21.6 Å². The molecule has 2 aromatic rings. The van der Waals surface area contributed by atoms with Gasteiger partial charge >= 0.3 is 5.97 Å². The number of halogens is 1. The summed E-state index contributed by atoms with van der Waals surface area (Å²) in [5.41, 5.74) is 2.29. The van der Waals surface area contributed by atoms with Crippen molar-refractivity contribution < 1.29 is 9.90 Å². The van der Waals surface area contributed by atoms with Gasteiger partial charge in [-0.15, -0.1) is 0 Å². The van der Waals surface area contributed by atoms with E-state index in [1.165, 1.54) is 0 Å². The van der Waals surface area contributed by atoms with Gasteiger partial charge in [0.15, 0.2) is 0 Å². The van der Waals surface area contributed by atoms with Crippen molar-refractivity contribution in [2.24, 2.45) is 0 Å². The molecule has 1 N–H and O–H groups in total. The van der Waals surface area contributed by atoms with E-state index in [4.69, 9.17) is 5.11 Å². The van der Waals surface area contributed by atoms with Crippen molar-refractivity contribution in [2.45, 2.75) is 13.5 Å². The Labute approximate surface area is 107 Å². The Morgan fingerprint density at radius 1 is 1.59 bits per heavy atom. The summed E-state index contributed by atoms with van der Waals surface area (Å²) in [6, 6.07) is 5.45. The minimum absolute atomic E-state index is 0.269. The molecule has 0 unspecified atom stereocenters. The fraction of sp³-hybridized carbons (Fsp3) is 0.167. The Morgan fingerprint density at radius 2 is 2.35 bits per heavy atom. The van der Waals surface area contributed by atoms with Gasteiger partial charge in [-0.1, -0.05) is 6.07 Å². The zero-order valence-electron chi connectivity index (χ0n) is 9.22. The molecule has 5 heteroatoms. The van der Waals surface area contributed by atoms with Gasteiger partial charge < -0.3 is 9.67 Å². The van der Waals surface area contributed by atoms with E-state index in [0.717, 1.165) is 15.9 Å². The van der Waals surface area contributed by atoms with Gasteiger partial charge in [0.2, 0.25) is 0 Å². The lowest BCUT2D eigenvalue weighted by Crippen LogP contribution is -2.03. The third-order valence-electron chi connectivity index (χ3n) is 2.53. The van der Waals surface area contributed by atoms with Crippen molar-refractivity contribution >= 4 is 21.9 Å². The lowest BCUT2D eigenvalue weighted by Gasteiger charge is -2.06. The highest BCUT2D eigenvalue weighted by atomic mass is 79.9. The number of carbonyl (C=O) groups is 1. The maximum absolute atomic E-state index is 10.8. The number of rotatable bonds is 3. The van der Waals surface area contributed by atoms with Crippen molar-refractivity contribution in [1.82, 2.24) is 9.55 Å². The van der Waals surface area contributed by atoms with Crippen LogP contribution in [0.2, 0.25) is 0 Å². The molecule has 2 heterocycles. The van der Waals surface area contributed by atoms with E-state index in [1.54, 1.807) is 18.5 Å². The second kappa shape index (κ2) is 4.71. The molecule has 0 aromatic carbocycles. The average molecular weight is 295 g/mol. The van der Waals surface area contributed by atoms with E-state index in [1.807, 2.05) is 23.6 Å². The molecule has 4 nitrogen and oxygen atoms in total. The van der Waals surface area contributed by atoms with E-state index in [2.05, 4.69) is 20.9 Å². The summed E-state index contributed by atoms with van der Waals surface area (Å²) < 4.78 is 2.55. The number of pyridine rings is 1. The van der Waals surface area contributed by atoms with Crippen LogP contribution in [0.3, 0.4) is 0 Å². The predicted octanol–water partition coefficient (Wildman–Crippen LogP) is 2.70. The van der Waals surface area contributed by atoms with Crippen LogP contribution in [-0.2, 0) is 6.54 Å². The summed E-state index contributed by atoms with van der Waals surface area (Å²) in [6.45, 7) is 2.54. The molecule has 0 atom stereocenters. The first-order valence-electron chi connectivity index (χ1n) is 5.07. The van der Waals surface area contributed by atoms with Gasteiger partial charge in [0, 0.05) is 12.4 Å². The molecular formula is C12H11BrN2O2. The molecule has 0 saturated carbocycles. The number of aromatic carboxylic acids is 1. The second-order valence-electron chi connectivity index (χ2n) is 3.75. The minimum atomic E-state index is -0.929. The zero-order valence-corrected chi connectivity index (χ0v) is 10.8. The first-order valence-corrected chi connectivity index (χ1v) is 5.86. The zero-order chi connectivity index (χ0) is 12.4. The molecule has 0 amide bonds. The average Bonchev–Trinajstić information content (AvgIpc) is 2.64. The molecule has 88 valence electrons. The number of carboxylic acids is 1. The van der Waals surface area contributed by atoms with Crippen molar-refractivity contribution in [3.8, 4) is 0 Å². The monoisotopic (exact) mass is 294 g/mol. The molecule has 0 radical (unpaired) electrons. The van der Waals surface area contributed by atoms with Crippen LogP contribution in [-0.4, -0.2) is 20.6 Å². The summed E-state index contributed by atoms with van der Waals surface area (Å²) >= 11 is 3.34. The second-order valence-corrected chi connectivity index (χ2v) is 4.56. The van der Waals surface area contributed by atoms with E-state index >= 15 is 0 Å². The maximum atomic E-state index is 10.8. The summed E-state index contributed by atoms with van der Waals surface area (Å²) in [5, 5.41) is 8.89. The van der Waals surface area contributed by atoms with Gasteiger partial charge in [-0.05, 0) is 40.5 Å². The van der Waals surface area contributed by atoms with Crippen LogP contribution < -0.4 is 0 Å². The predicted molar refractivity (Wildman–Crippen MR) is 67.2 cm³/mol. The van der Waals surface area contributed by atoms with Crippen LogP contribution in [0.4, 0.5) is 0 Å². The fourth-order valence-electron chi connectivity index (χ4n) is 1.56. The van der Waals surface area contributed by atoms with Gasteiger partial charge in [-0.25, -0.2) is 4.79 Å². The van der Waals surface area contributed by atoms with Crippen molar-refractivity contribution in [2.75, 3.05) is 0 Å². The maximum Gasteiger partial charge on any atom is 0.337 e. The third kappa shape index (κ3) is 2.55. The quantitative estimate of drug-likeness (QED) is 0.947. The van der Waals surface area contributed by atoms with E-state index in [9.17, 15) is 4.79 Å². The van der Waals surface area contributed by atoms with Gasteiger partial charge in [0.25, 0.3) is 0 Å². The number of aromatic nitrogens is 2. The Bertz CT molecular complexity index is 563. The molecule has 2 aromatic heterocycles. The van der Waals surface area contributed by atoms with Crippen LogP contribution in [0.25, 0.3) is 0 Å². The molecule has 0 saturated heterocycles. The van der Waals surface area contributed by atoms with Crippen LogP contribution in [0.15, 0.2) is 35.2 Å². The highest BCUT2D eigenvalue weighted by Gasteiger charge is 2.10. The topological polar surface area (TPSA) is 55.1 Å². The molecule has 0 fully saturated rings. The van der Waals surface area contributed by atoms with Crippen LogP contribution in [0, 0.1) is 6.92 Å². The number of hydrogen-bond donors (Lipinski definition) is 1. The van der Waals surface area contributed by atoms with Crippen LogP contribution in [0.5, 0.6) is 0 Å². The minimum Gasteiger partial charge on any atom is -0.478 e. The van der Waals surface area contributed by atoms with E-state index in [0.29, 0.717) is 6.54 Å². The molecule has 0 spiro atoms. The normalized spacial score (nSPS) is 10.5. The number of hydrogen-bond acceptors (Lipinski definition) is 2. The number of nitrogens with zero attached hydrogens (tertiary/aromatic N) is 2. The molecule has 0 bridgehead atoms. The molecule has 17 heavy (non-hydrogen) atoms. The van der Waals surface area contributed by atoms with Crippen molar-refractivity contribution in [3.05, 3.63) is 52.0 Å². The van der Waals surface area contributed by atoms with Gasteiger partial charge in [0.1, 0.15) is 0 Å². The standard InChI is InChI=1S/C12H11BrN2O2/c1-8-3-2-4-14-10(8)7-15-6-9(12(16)17)5-11(15)13/h2-6H,7H2,1H3,(H,16,17). The van der Waals surface area contributed by atoms with E-state index < -0.39 is 5.97 Å². The smallest absolute Gasteiger partial charge is 0.337 e. The number of carboxylic acid groups (broad SMARTS) is 1. The molecule has 0 aliphatic carbocycles. The van der Waals surface area contributed by atoms with Gasteiger partial charge in [-0.3, -0.25) is 4.98 Å².